The molecule has 0 fully saturated rings. The zero-order valence-electron chi connectivity index (χ0n) is 25.4. The first-order valence-electron chi connectivity index (χ1n) is 14.3. The molecule has 214 valence electrons. The molecule has 0 N–H and O–H groups in total. The third kappa shape index (κ3) is 7.60. The first kappa shape index (κ1) is 34.2. The van der Waals surface area contributed by atoms with Gasteiger partial charge in [-0.15, -0.1) is 16.7 Å². The molecule has 0 saturated heterocycles. The Morgan fingerprint density at radius 3 is 1.74 bits per heavy atom. The van der Waals surface area contributed by atoms with Gasteiger partial charge >= 0.3 is 99.2 Å². The van der Waals surface area contributed by atoms with Crippen LogP contribution < -0.4 is 24.8 Å². The molecule has 0 unspecified atom stereocenters. The van der Waals surface area contributed by atoms with Crippen LogP contribution in [-0.2, 0) is 41.5 Å². The summed E-state index contributed by atoms with van der Waals surface area (Å²) in [5, 5.41) is 0. The van der Waals surface area contributed by atoms with Crippen LogP contribution in [0.25, 0.3) is 11.1 Å². The van der Waals surface area contributed by atoms with Crippen molar-refractivity contribution in [2.45, 2.75) is 64.7 Å². The molecular weight excluding hydrogens is 631 g/mol. The topological polar surface area (TPSA) is 0 Å². The fraction of sp³-hybridized carbons (Fsp3) is 0.256. The molecular formula is C39H39Cl2Zr-. The summed E-state index contributed by atoms with van der Waals surface area (Å²) in [7, 11) is 0. The van der Waals surface area contributed by atoms with E-state index in [0.29, 0.717) is 5.92 Å². The fourth-order valence-corrected chi connectivity index (χ4v) is 6.36. The summed E-state index contributed by atoms with van der Waals surface area (Å²) in [6.07, 6.45) is 9.92. The Kier molecular flexibility index (Phi) is 11.4. The van der Waals surface area contributed by atoms with Crippen LogP contribution in [0.3, 0.4) is 0 Å². The molecule has 2 aliphatic rings. The van der Waals surface area contributed by atoms with Gasteiger partial charge in [0, 0.05) is 0 Å². The van der Waals surface area contributed by atoms with Crippen molar-refractivity contribution in [3.05, 3.63) is 154 Å². The Bertz CT molecular complexity index is 1530. The van der Waals surface area contributed by atoms with E-state index < -0.39 is 0 Å². The predicted molar refractivity (Wildman–Crippen MR) is 168 cm³/mol. The minimum atomic E-state index is 0. The van der Waals surface area contributed by atoms with E-state index in [1.54, 1.807) is 0 Å². The number of fused-ring (bicyclic) bond motifs is 3. The van der Waals surface area contributed by atoms with Gasteiger partial charge in [-0.1, -0.05) is 89.6 Å². The molecule has 0 heterocycles. The second-order valence-electron chi connectivity index (χ2n) is 12.9. The first-order valence-corrected chi connectivity index (χ1v) is 15.5. The van der Waals surface area contributed by atoms with E-state index in [9.17, 15) is 0 Å². The van der Waals surface area contributed by atoms with Gasteiger partial charge in [0.25, 0.3) is 0 Å². The van der Waals surface area contributed by atoms with Crippen molar-refractivity contribution in [3.63, 3.8) is 0 Å². The van der Waals surface area contributed by atoms with Crippen LogP contribution in [0.4, 0.5) is 0 Å². The molecule has 4 aromatic carbocycles. The predicted octanol–water partition coefficient (Wildman–Crippen LogP) is 3.67. The molecule has 0 radical (unpaired) electrons. The normalized spacial score (nSPS) is 13.3. The average molecular weight is 670 g/mol. The molecule has 0 nitrogen and oxygen atoms in total. The molecule has 0 spiro atoms. The average Bonchev–Trinajstić information content (AvgIpc) is 3.60. The Labute approximate surface area is 280 Å². The number of benzene rings is 4. The van der Waals surface area contributed by atoms with Crippen molar-refractivity contribution < 1.29 is 49.0 Å². The van der Waals surface area contributed by atoms with Gasteiger partial charge in [0.15, 0.2) is 0 Å². The van der Waals surface area contributed by atoms with Crippen molar-refractivity contribution in [2.75, 3.05) is 0 Å². The van der Waals surface area contributed by atoms with Crippen LogP contribution in [0.2, 0.25) is 0 Å². The van der Waals surface area contributed by atoms with E-state index in [4.69, 9.17) is 0 Å². The molecule has 4 aromatic rings. The molecule has 0 amide bonds. The summed E-state index contributed by atoms with van der Waals surface area (Å²) >= 11 is 1.46. The van der Waals surface area contributed by atoms with Crippen molar-refractivity contribution in [1.82, 2.24) is 0 Å². The Morgan fingerprint density at radius 2 is 1.24 bits per heavy atom. The molecule has 0 aliphatic heterocycles. The minimum absolute atomic E-state index is 0. The van der Waals surface area contributed by atoms with Crippen LogP contribution in [0.15, 0.2) is 109 Å². The van der Waals surface area contributed by atoms with E-state index >= 15 is 0 Å². The van der Waals surface area contributed by atoms with Crippen molar-refractivity contribution >= 4 is 3.21 Å². The summed E-state index contributed by atoms with van der Waals surface area (Å²) in [5.41, 5.74) is 12.7. The zero-order chi connectivity index (χ0) is 28.5. The van der Waals surface area contributed by atoms with Crippen LogP contribution in [0.5, 0.6) is 0 Å². The van der Waals surface area contributed by atoms with Crippen molar-refractivity contribution in [1.29, 1.82) is 0 Å². The van der Waals surface area contributed by atoms with Crippen molar-refractivity contribution in [3.8, 4) is 11.1 Å². The number of hydrogen-bond donors (Lipinski definition) is 0. The molecule has 0 atom stereocenters. The van der Waals surface area contributed by atoms with Crippen LogP contribution in [0.1, 0.15) is 86.4 Å². The number of hydrogen-bond acceptors (Lipinski definition) is 0. The maximum absolute atomic E-state index is 3.85. The van der Waals surface area contributed by atoms with Gasteiger partial charge in [-0.25, -0.2) is 0 Å². The SMILES string of the molecule is CC(C)(C)c1ccc2c(c1)Cc1[c-]c(C(C)(C)C)c(C3C=CC=C3)cc1-2.[Cl-].[Cl-].[Zr+2]=[C](c1ccccc1)c1ccccc1. The number of allylic oxidation sites excluding steroid dienone is 4. The quantitative estimate of drug-likeness (QED) is 0.258. The molecule has 0 bridgehead atoms. The fourth-order valence-electron chi connectivity index (χ4n) is 5.54. The maximum atomic E-state index is 3.85. The second kappa shape index (κ2) is 14.0. The summed E-state index contributed by atoms with van der Waals surface area (Å²) in [6.45, 7) is 13.8. The van der Waals surface area contributed by atoms with E-state index in [2.05, 4.69) is 157 Å². The van der Waals surface area contributed by atoms with E-state index in [-0.39, 0.29) is 35.6 Å². The second-order valence-corrected chi connectivity index (χ2v) is 14.2. The van der Waals surface area contributed by atoms with Gasteiger partial charge in [0.2, 0.25) is 0 Å². The van der Waals surface area contributed by atoms with Gasteiger partial charge in [0.05, 0.1) is 0 Å². The summed E-state index contributed by atoms with van der Waals surface area (Å²) in [6, 6.07) is 34.4. The third-order valence-electron chi connectivity index (χ3n) is 7.80. The van der Waals surface area contributed by atoms with Crippen molar-refractivity contribution in [2.24, 2.45) is 0 Å². The van der Waals surface area contributed by atoms with Gasteiger partial charge in [-0.3, -0.25) is 0 Å². The molecule has 6 rings (SSSR count). The Balaban J connectivity index is 0.000000258. The molecule has 0 saturated carbocycles. The van der Waals surface area contributed by atoms with Gasteiger partial charge in [-0.2, -0.15) is 17.7 Å². The molecule has 3 heteroatoms. The first-order chi connectivity index (χ1) is 19.0. The van der Waals surface area contributed by atoms with E-state index in [0.717, 1.165) is 6.42 Å². The Morgan fingerprint density at radius 1 is 0.690 bits per heavy atom. The van der Waals surface area contributed by atoms with Crippen LogP contribution in [-0.4, -0.2) is 3.21 Å². The Hall–Kier alpha value is -2.31. The van der Waals surface area contributed by atoms with Gasteiger partial charge < -0.3 is 24.8 Å². The summed E-state index contributed by atoms with van der Waals surface area (Å²) in [5.74, 6) is 0.378. The summed E-state index contributed by atoms with van der Waals surface area (Å²) < 4.78 is 1.42. The van der Waals surface area contributed by atoms with Crippen LogP contribution in [0, 0.1) is 6.07 Å². The standard InChI is InChI=1S/C26H29.C13H10.2ClH.Zr/c1-25(2,3)20-11-12-21-18(14-20)13-19-15-24(26(4,5)6)23(16-22(19)21)17-9-7-8-10-17;1-3-7-12(8-4-1)11-13-9-5-2-6-10-13;;;/h7-12,14,16-17H,13H2,1-6H3;1-10H;2*1H;/q-1;;;;+2/p-2. The van der Waals surface area contributed by atoms with Gasteiger partial charge in [-0.05, 0) is 34.3 Å². The third-order valence-corrected chi connectivity index (χ3v) is 9.22. The number of rotatable bonds is 3. The summed E-state index contributed by atoms with van der Waals surface area (Å²) in [4.78, 5) is 0. The number of halogens is 2. The van der Waals surface area contributed by atoms with E-state index in [1.165, 1.54) is 77.5 Å². The zero-order valence-corrected chi connectivity index (χ0v) is 29.4. The molecule has 2 aliphatic carbocycles. The molecule has 0 aromatic heterocycles. The monoisotopic (exact) mass is 667 g/mol. The van der Waals surface area contributed by atoms with E-state index in [1.807, 2.05) is 0 Å². The molecule has 42 heavy (non-hydrogen) atoms. The van der Waals surface area contributed by atoms with Gasteiger partial charge in [0.1, 0.15) is 0 Å². The van der Waals surface area contributed by atoms with Crippen LogP contribution >= 0.6 is 0 Å².